The number of unbranched alkanes of at least 4 members (excludes halogenated alkanes) is 3. The standard InChI is InChI=1S/C16H20FN3O/c1-2-3-4-5-10-20-16(15(12-21)18-19-20)11-13-6-8-14(17)9-7-13/h6-9,12H,2-5,10-11H2,1H3. The summed E-state index contributed by atoms with van der Waals surface area (Å²) >= 11 is 0. The molecule has 0 aliphatic heterocycles. The molecule has 1 heterocycles. The maximum absolute atomic E-state index is 12.9. The van der Waals surface area contributed by atoms with Gasteiger partial charge in [0.25, 0.3) is 0 Å². The average molecular weight is 289 g/mol. The van der Waals surface area contributed by atoms with Crippen LogP contribution in [0.3, 0.4) is 0 Å². The second-order valence-corrected chi connectivity index (χ2v) is 5.13. The molecule has 0 aliphatic carbocycles. The molecule has 0 aliphatic rings. The smallest absolute Gasteiger partial charge is 0.172 e. The lowest BCUT2D eigenvalue weighted by molar-refractivity contribution is 0.111. The fourth-order valence-electron chi connectivity index (χ4n) is 2.28. The number of rotatable bonds is 8. The highest BCUT2D eigenvalue weighted by Crippen LogP contribution is 2.13. The molecule has 0 saturated carbocycles. The highest BCUT2D eigenvalue weighted by molar-refractivity contribution is 5.73. The largest absolute Gasteiger partial charge is 0.296 e. The van der Waals surface area contributed by atoms with Crippen LogP contribution in [-0.4, -0.2) is 21.3 Å². The summed E-state index contributed by atoms with van der Waals surface area (Å²) in [7, 11) is 0. The van der Waals surface area contributed by atoms with Crippen molar-refractivity contribution in [1.29, 1.82) is 0 Å². The van der Waals surface area contributed by atoms with Crippen molar-refractivity contribution in [3.63, 3.8) is 0 Å². The Kier molecular flexibility index (Phi) is 5.60. The number of carbonyl (C=O) groups is 1. The molecule has 0 radical (unpaired) electrons. The third-order valence-electron chi connectivity index (χ3n) is 3.49. The van der Waals surface area contributed by atoms with E-state index in [2.05, 4.69) is 17.2 Å². The highest BCUT2D eigenvalue weighted by atomic mass is 19.1. The van der Waals surface area contributed by atoms with Gasteiger partial charge < -0.3 is 0 Å². The van der Waals surface area contributed by atoms with Crippen LogP contribution in [0.2, 0.25) is 0 Å². The number of aromatic nitrogens is 3. The minimum absolute atomic E-state index is 0.263. The predicted octanol–water partition coefficient (Wildman–Crippen LogP) is 3.40. The second-order valence-electron chi connectivity index (χ2n) is 5.13. The van der Waals surface area contributed by atoms with Crippen molar-refractivity contribution in [1.82, 2.24) is 15.0 Å². The van der Waals surface area contributed by atoms with Crippen LogP contribution in [0.4, 0.5) is 4.39 Å². The third-order valence-corrected chi connectivity index (χ3v) is 3.49. The minimum atomic E-state index is -0.263. The Morgan fingerprint density at radius 2 is 1.95 bits per heavy atom. The summed E-state index contributed by atoms with van der Waals surface area (Å²) < 4.78 is 14.7. The number of hydrogen-bond acceptors (Lipinski definition) is 3. The molecule has 1 aromatic heterocycles. The fraction of sp³-hybridized carbons (Fsp3) is 0.438. The summed E-state index contributed by atoms with van der Waals surface area (Å²) in [6.45, 7) is 2.93. The van der Waals surface area contributed by atoms with Crippen molar-refractivity contribution < 1.29 is 9.18 Å². The van der Waals surface area contributed by atoms with Gasteiger partial charge in [-0.05, 0) is 24.1 Å². The van der Waals surface area contributed by atoms with Crippen molar-refractivity contribution in [3.05, 3.63) is 47.0 Å². The van der Waals surface area contributed by atoms with Crippen molar-refractivity contribution in [2.24, 2.45) is 0 Å². The fourth-order valence-corrected chi connectivity index (χ4v) is 2.28. The van der Waals surface area contributed by atoms with E-state index < -0.39 is 0 Å². The van der Waals surface area contributed by atoms with Crippen molar-refractivity contribution in [2.45, 2.75) is 45.6 Å². The minimum Gasteiger partial charge on any atom is -0.296 e. The van der Waals surface area contributed by atoms with Crippen molar-refractivity contribution in [3.8, 4) is 0 Å². The number of halogens is 1. The molecule has 112 valence electrons. The van der Waals surface area contributed by atoms with Gasteiger partial charge in [0.1, 0.15) is 11.5 Å². The van der Waals surface area contributed by atoms with E-state index in [1.165, 1.54) is 25.0 Å². The van der Waals surface area contributed by atoms with Gasteiger partial charge >= 0.3 is 0 Å². The van der Waals surface area contributed by atoms with E-state index in [1.54, 1.807) is 16.8 Å². The molecule has 0 saturated heterocycles. The van der Waals surface area contributed by atoms with Gasteiger partial charge in [-0.3, -0.25) is 4.79 Å². The summed E-state index contributed by atoms with van der Waals surface area (Å²) in [5.41, 5.74) is 2.11. The summed E-state index contributed by atoms with van der Waals surface area (Å²) in [6, 6.07) is 6.29. The second kappa shape index (κ2) is 7.67. The molecule has 2 aromatic rings. The van der Waals surface area contributed by atoms with E-state index in [1.807, 2.05) is 0 Å². The van der Waals surface area contributed by atoms with Crippen LogP contribution in [0, 0.1) is 5.82 Å². The van der Waals surface area contributed by atoms with Crippen LogP contribution in [0.5, 0.6) is 0 Å². The molecule has 4 nitrogen and oxygen atoms in total. The molecule has 5 heteroatoms. The van der Waals surface area contributed by atoms with Gasteiger partial charge in [-0.15, -0.1) is 5.10 Å². The van der Waals surface area contributed by atoms with E-state index in [0.29, 0.717) is 12.1 Å². The number of carbonyl (C=O) groups excluding carboxylic acids is 1. The Bertz CT molecular complexity index is 578. The normalized spacial score (nSPS) is 10.8. The van der Waals surface area contributed by atoms with Crippen LogP contribution in [0.25, 0.3) is 0 Å². The first-order valence-electron chi connectivity index (χ1n) is 7.36. The molecule has 0 bridgehead atoms. The van der Waals surface area contributed by atoms with E-state index in [0.717, 1.165) is 36.9 Å². The quantitative estimate of drug-likeness (QED) is 0.553. The lowest BCUT2D eigenvalue weighted by Gasteiger charge is -2.07. The van der Waals surface area contributed by atoms with Crippen LogP contribution in [0.15, 0.2) is 24.3 Å². The first kappa shape index (κ1) is 15.4. The van der Waals surface area contributed by atoms with Gasteiger partial charge in [-0.25, -0.2) is 9.07 Å². The number of aryl methyl sites for hydroxylation is 1. The predicted molar refractivity (Wildman–Crippen MR) is 78.8 cm³/mol. The monoisotopic (exact) mass is 289 g/mol. The van der Waals surface area contributed by atoms with E-state index >= 15 is 0 Å². The maximum atomic E-state index is 12.9. The number of hydrogen-bond donors (Lipinski definition) is 0. The van der Waals surface area contributed by atoms with Crippen molar-refractivity contribution >= 4 is 6.29 Å². The summed E-state index contributed by atoms with van der Waals surface area (Å²) in [5, 5.41) is 7.98. The number of aldehydes is 1. The molecule has 0 atom stereocenters. The molecule has 0 fully saturated rings. The van der Waals surface area contributed by atoms with Crippen LogP contribution in [0.1, 0.15) is 54.4 Å². The van der Waals surface area contributed by atoms with Crippen LogP contribution >= 0.6 is 0 Å². The summed E-state index contributed by atoms with van der Waals surface area (Å²) in [5.74, 6) is -0.263. The molecular weight excluding hydrogens is 269 g/mol. The van der Waals surface area contributed by atoms with Crippen LogP contribution in [-0.2, 0) is 13.0 Å². The molecule has 0 N–H and O–H groups in total. The number of benzene rings is 1. The lowest BCUT2D eigenvalue weighted by atomic mass is 10.1. The molecule has 2 rings (SSSR count). The zero-order valence-electron chi connectivity index (χ0n) is 12.3. The Morgan fingerprint density at radius 3 is 2.62 bits per heavy atom. The Hall–Kier alpha value is -2.04. The van der Waals surface area contributed by atoms with Gasteiger partial charge in [0.15, 0.2) is 6.29 Å². The van der Waals surface area contributed by atoms with Gasteiger partial charge in [-0.2, -0.15) is 0 Å². The van der Waals surface area contributed by atoms with Crippen molar-refractivity contribution in [2.75, 3.05) is 0 Å². The maximum Gasteiger partial charge on any atom is 0.172 e. The zero-order chi connectivity index (χ0) is 15.1. The molecule has 0 unspecified atom stereocenters. The number of nitrogens with zero attached hydrogens (tertiary/aromatic N) is 3. The first-order chi connectivity index (χ1) is 10.2. The Morgan fingerprint density at radius 1 is 1.19 bits per heavy atom. The van der Waals surface area contributed by atoms with Crippen LogP contribution < -0.4 is 0 Å². The SMILES string of the molecule is CCCCCCn1nnc(C=O)c1Cc1ccc(F)cc1. The lowest BCUT2D eigenvalue weighted by Crippen LogP contribution is -2.07. The third kappa shape index (κ3) is 4.21. The topological polar surface area (TPSA) is 47.8 Å². The molecule has 0 amide bonds. The van der Waals surface area contributed by atoms with Gasteiger partial charge in [0.05, 0.1) is 5.69 Å². The summed E-state index contributed by atoms with van der Waals surface area (Å²) in [6.07, 6.45) is 5.81. The summed E-state index contributed by atoms with van der Waals surface area (Å²) in [4.78, 5) is 11.1. The average Bonchev–Trinajstić information content (AvgIpc) is 2.88. The Balaban J connectivity index is 2.10. The highest BCUT2D eigenvalue weighted by Gasteiger charge is 2.12. The first-order valence-corrected chi connectivity index (χ1v) is 7.36. The van der Waals surface area contributed by atoms with E-state index in [-0.39, 0.29) is 5.82 Å². The van der Waals surface area contributed by atoms with Gasteiger partial charge in [0, 0.05) is 13.0 Å². The molecule has 0 spiro atoms. The molecule has 1 aromatic carbocycles. The molecular formula is C16H20FN3O. The van der Waals surface area contributed by atoms with E-state index in [4.69, 9.17) is 0 Å². The molecule has 21 heavy (non-hydrogen) atoms. The zero-order valence-corrected chi connectivity index (χ0v) is 12.3. The Labute approximate surface area is 124 Å². The van der Waals surface area contributed by atoms with Gasteiger partial charge in [-0.1, -0.05) is 43.5 Å². The van der Waals surface area contributed by atoms with Gasteiger partial charge in [0.2, 0.25) is 0 Å². The van der Waals surface area contributed by atoms with E-state index in [9.17, 15) is 9.18 Å².